The summed E-state index contributed by atoms with van der Waals surface area (Å²) in [6.45, 7) is 0. The number of ether oxygens (including phenoxy) is 2. The standard InChI is InChI=1S/C34H27N5O10S2/c1-48-28-14-18(7-11-25(28)36-38-27-17-30(50(42,43)44)23-5-3-4-6-24(23)33(27)40)19-8-12-26(29(15-19)49-2)37-39-32-31(51(45,46)47)16-20-13-21(35)9-10-22(20)34(32)41/h3-17,36-37H,35H2,1-2H3,(H,42,43,44)(H,45,46,47). The molecule has 0 saturated carbocycles. The molecule has 0 atom stereocenters. The van der Waals surface area contributed by atoms with Gasteiger partial charge < -0.3 is 15.2 Å². The molecule has 260 valence electrons. The molecular weight excluding hydrogens is 703 g/mol. The summed E-state index contributed by atoms with van der Waals surface area (Å²) in [7, 11) is -6.71. The van der Waals surface area contributed by atoms with E-state index in [1.165, 1.54) is 44.6 Å². The van der Waals surface area contributed by atoms with E-state index in [0.29, 0.717) is 28.3 Å². The molecule has 0 radical (unpaired) electrons. The van der Waals surface area contributed by atoms with E-state index in [0.717, 1.165) is 12.2 Å². The lowest BCUT2D eigenvalue weighted by Crippen LogP contribution is -2.27. The van der Waals surface area contributed by atoms with Crippen LogP contribution in [0.15, 0.2) is 100 Å². The molecule has 2 aliphatic carbocycles. The molecule has 4 aromatic carbocycles. The largest absolute Gasteiger partial charge is 0.494 e. The summed E-state index contributed by atoms with van der Waals surface area (Å²) in [5.74, 6) is -0.744. The van der Waals surface area contributed by atoms with Crippen LogP contribution in [-0.4, -0.2) is 63.2 Å². The highest BCUT2D eigenvalue weighted by Gasteiger charge is 2.33. The van der Waals surface area contributed by atoms with Gasteiger partial charge in [-0.25, -0.2) is 0 Å². The first kappa shape index (κ1) is 34.7. The van der Waals surface area contributed by atoms with Crippen molar-refractivity contribution in [1.29, 1.82) is 0 Å². The molecule has 6 rings (SSSR count). The van der Waals surface area contributed by atoms with E-state index in [1.807, 2.05) is 0 Å². The van der Waals surface area contributed by atoms with Gasteiger partial charge in [0.15, 0.2) is 5.71 Å². The number of methoxy groups -OCH3 is 2. The number of hydrazone groups is 2. The Balaban J connectivity index is 1.27. The van der Waals surface area contributed by atoms with E-state index in [9.17, 15) is 35.5 Å². The average molecular weight is 730 g/mol. The van der Waals surface area contributed by atoms with Crippen LogP contribution in [0.1, 0.15) is 31.8 Å². The van der Waals surface area contributed by atoms with Crippen LogP contribution in [0.25, 0.3) is 22.1 Å². The summed E-state index contributed by atoms with van der Waals surface area (Å²) < 4.78 is 79.1. The lowest BCUT2D eigenvalue weighted by atomic mass is 9.94. The van der Waals surface area contributed by atoms with E-state index < -0.39 is 47.3 Å². The zero-order valence-corrected chi connectivity index (χ0v) is 28.2. The number of hydrogen-bond donors (Lipinski definition) is 5. The molecule has 0 aromatic heterocycles. The maximum Gasteiger partial charge on any atom is 0.296 e. The number of nitrogens with zero attached hydrogens (tertiary/aromatic N) is 2. The second-order valence-electron chi connectivity index (χ2n) is 11.0. The predicted octanol–water partition coefficient (Wildman–Crippen LogP) is 4.74. The van der Waals surface area contributed by atoms with E-state index in [2.05, 4.69) is 21.1 Å². The number of nitrogens with two attached hydrogens (primary N) is 1. The minimum Gasteiger partial charge on any atom is -0.494 e. The number of hydrogen-bond acceptors (Lipinski definition) is 13. The number of ketones is 2. The Hall–Kier alpha value is -6.14. The quantitative estimate of drug-likeness (QED) is 0.0890. The van der Waals surface area contributed by atoms with Crippen LogP contribution in [0, 0.1) is 0 Å². The molecule has 0 fully saturated rings. The lowest BCUT2D eigenvalue weighted by Gasteiger charge is -2.17. The molecule has 0 spiro atoms. The highest BCUT2D eigenvalue weighted by Crippen LogP contribution is 2.36. The number of rotatable bonds is 9. The number of carbonyl (C=O) groups is 2. The van der Waals surface area contributed by atoms with Gasteiger partial charge in [-0.3, -0.25) is 29.5 Å². The topological polar surface area (TPSA) is 236 Å². The lowest BCUT2D eigenvalue weighted by molar-refractivity contribution is 0.105. The first-order valence-corrected chi connectivity index (χ1v) is 17.6. The van der Waals surface area contributed by atoms with Crippen molar-refractivity contribution in [1.82, 2.24) is 0 Å². The van der Waals surface area contributed by atoms with Crippen molar-refractivity contribution in [3.8, 4) is 22.6 Å². The summed E-state index contributed by atoms with van der Waals surface area (Å²) in [6, 6.07) is 20.2. The highest BCUT2D eigenvalue weighted by molar-refractivity contribution is 7.95. The van der Waals surface area contributed by atoms with Gasteiger partial charge in [0.05, 0.1) is 25.6 Å². The number of anilines is 3. The average Bonchev–Trinajstić information content (AvgIpc) is 3.09. The van der Waals surface area contributed by atoms with Gasteiger partial charge in [-0.2, -0.15) is 27.0 Å². The highest BCUT2D eigenvalue weighted by atomic mass is 32.2. The number of fused-ring (bicyclic) bond motifs is 2. The molecule has 15 nitrogen and oxygen atoms in total. The van der Waals surface area contributed by atoms with Crippen LogP contribution in [0.3, 0.4) is 0 Å². The molecule has 0 saturated heterocycles. The van der Waals surface area contributed by atoms with Crippen LogP contribution < -0.4 is 26.1 Å². The molecule has 6 N–H and O–H groups in total. The second kappa shape index (κ2) is 13.3. The molecule has 17 heteroatoms. The van der Waals surface area contributed by atoms with Gasteiger partial charge in [0.1, 0.15) is 27.0 Å². The molecular formula is C34H27N5O10S2. The van der Waals surface area contributed by atoms with Gasteiger partial charge in [-0.1, -0.05) is 36.4 Å². The Morgan fingerprint density at radius 3 is 1.78 bits per heavy atom. The van der Waals surface area contributed by atoms with E-state index in [1.54, 1.807) is 48.5 Å². The fraction of sp³-hybridized carbons (Fsp3) is 0.0588. The summed E-state index contributed by atoms with van der Waals surface area (Å²) >= 11 is 0. The number of benzene rings is 4. The first-order valence-electron chi connectivity index (χ1n) is 14.7. The normalized spacial score (nSPS) is 15.8. The summed E-state index contributed by atoms with van der Waals surface area (Å²) in [4.78, 5) is 25.1. The Morgan fingerprint density at radius 2 is 1.22 bits per heavy atom. The molecule has 0 aliphatic heterocycles. The first-order chi connectivity index (χ1) is 24.2. The zero-order chi connectivity index (χ0) is 36.7. The molecule has 0 bridgehead atoms. The third kappa shape index (κ3) is 6.86. The second-order valence-corrected chi connectivity index (χ2v) is 13.8. The molecule has 4 aromatic rings. The predicted molar refractivity (Wildman–Crippen MR) is 192 cm³/mol. The van der Waals surface area contributed by atoms with E-state index in [4.69, 9.17) is 15.2 Å². The molecule has 0 unspecified atom stereocenters. The van der Waals surface area contributed by atoms with Crippen molar-refractivity contribution >= 4 is 71.3 Å². The SMILES string of the molecule is COc1cc(-c2ccc(NN=C3C(=O)c4ccc(N)cc4C=C3S(=O)(=O)O)c(OC)c2)ccc1NN=C1C=C(S(=O)(=O)O)c2ccccc2C1=O. The fourth-order valence-corrected chi connectivity index (χ4v) is 6.79. The Kier molecular flexibility index (Phi) is 9.05. The summed E-state index contributed by atoms with van der Waals surface area (Å²) in [5.41, 5.74) is 13.0. The van der Waals surface area contributed by atoms with Crippen LogP contribution in [0.5, 0.6) is 11.5 Å². The maximum atomic E-state index is 13.2. The van der Waals surface area contributed by atoms with Crippen LogP contribution in [-0.2, 0) is 20.2 Å². The Labute approximate surface area is 291 Å². The van der Waals surface area contributed by atoms with Crippen LogP contribution in [0.4, 0.5) is 17.1 Å². The van der Waals surface area contributed by atoms with Crippen molar-refractivity contribution in [2.24, 2.45) is 10.2 Å². The van der Waals surface area contributed by atoms with E-state index >= 15 is 0 Å². The van der Waals surface area contributed by atoms with Gasteiger partial charge >= 0.3 is 0 Å². The Morgan fingerprint density at radius 1 is 0.647 bits per heavy atom. The van der Waals surface area contributed by atoms with E-state index in [-0.39, 0.29) is 39.4 Å². The Bertz CT molecular complexity index is 2510. The van der Waals surface area contributed by atoms with Crippen molar-refractivity contribution in [2.45, 2.75) is 0 Å². The summed E-state index contributed by atoms with van der Waals surface area (Å²) in [6.07, 6.45) is 2.10. The molecule has 2 aliphatic rings. The molecule has 0 heterocycles. The number of Topliss-reactive ketones (excluding diaryl/α,β-unsaturated/α-hetero) is 2. The third-order valence-corrected chi connectivity index (χ3v) is 9.63. The number of nitrogens with one attached hydrogen (secondary N) is 2. The van der Waals surface area contributed by atoms with Crippen LogP contribution >= 0.6 is 0 Å². The maximum absolute atomic E-state index is 13.2. The third-order valence-electron chi connectivity index (χ3n) is 7.87. The monoisotopic (exact) mass is 729 g/mol. The minimum absolute atomic E-state index is 0.0605. The van der Waals surface area contributed by atoms with Gasteiger partial charge in [-0.05, 0) is 71.3 Å². The van der Waals surface area contributed by atoms with Gasteiger partial charge in [0.2, 0.25) is 11.6 Å². The smallest absolute Gasteiger partial charge is 0.296 e. The zero-order valence-electron chi connectivity index (χ0n) is 26.6. The minimum atomic E-state index is -4.85. The molecule has 51 heavy (non-hydrogen) atoms. The van der Waals surface area contributed by atoms with Crippen molar-refractivity contribution in [3.05, 3.63) is 112 Å². The summed E-state index contributed by atoms with van der Waals surface area (Å²) in [5, 5.41) is 8.14. The van der Waals surface area contributed by atoms with Crippen molar-refractivity contribution in [2.75, 3.05) is 30.8 Å². The van der Waals surface area contributed by atoms with Crippen LogP contribution in [0.2, 0.25) is 0 Å². The van der Waals surface area contributed by atoms with Crippen molar-refractivity contribution in [3.63, 3.8) is 0 Å². The van der Waals surface area contributed by atoms with Gasteiger partial charge in [0, 0.05) is 22.4 Å². The van der Waals surface area contributed by atoms with Gasteiger partial charge in [-0.15, -0.1) is 0 Å². The number of nitrogen functional groups attached to an aromatic ring is 1. The fourth-order valence-electron chi connectivity index (χ4n) is 5.42. The van der Waals surface area contributed by atoms with Crippen molar-refractivity contribution < 1.29 is 45.0 Å². The van der Waals surface area contributed by atoms with Gasteiger partial charge in [0.25, 0.3) is 20.2 Å². The number of carbonyl (C=O) groups excluding carboxylic acids is 2. The molecule has 0 amide bonds. The number of allylic oxidation sites excluding steroid dienone is 2.